The first-order valence-corrected chi connectivity index (χ1v) is 10.1. The number of carbonyl (C=O) groups excluding carboxylic acids is 1. The van der Waals surface area contributed by atoms with Crippen LogP contribution in [0.25, 0.3) is 10.9 Å². The fourth-order valence-electron chi connectivity index (χ4n) is 3.40. The van der Waals surface area contributed by atoms with Gasteiger partial charge in [-0.2, -0.15) is 0 Å². The van der Waals surface area contributed by atoms with Gasteiger partial charge in [0.2, 0.25) is 0 Å². The zero-order valence-electron chi connectivity index (χ0n) is 17.0. The van der Waals surface area contributed by atoms with Crippen molar-refractivity contribution in [2.75, 3.05) is 32.1 Å². The van der Waals surface area contributed by atoms with E-state index >= 15 is 0 Å². The van der Waals surface area contributed by atoms with Crippen LogP contribution in [0.1, 0.15) is 6.92 Å². The fourth-order valence-corrected chi connectivity index (χ4v) is 3.57. The van der Waals surface area contributed by atoms with Gasteiger partial charge in [0.15, 0.2) is 17.3 Å². The van der Waals surface area contributed by atoms with Crippen LogP contribution in [0.2, 0.25) is 5.02 Å². The van der Waals surface area contributed by atoms with E-state index in [2.05, 4.69) is 20.6 Å². The third-order valence-electron chi connectivity index (χ3n) is 5.06. The van der Waals surface area contributed by atoms with Crippen LogP contribution in [0.15, 0.2) is 36.7 Å². The largest absolute Gasteiger partial charge is 0.493 e. The van der Waals surface area contributed by atoms with Crippen LogP contribution in [0.5, 0.6) is 11.5 Å². The molecule has 3 aromatic rings. The molecule has 1 amide bonds. The number of hydrogen-bond donors (Lipinski definition) is 2. The van der Waals surface area contributed by atoms with Crippen LogP contribution in [0.4, 0.5) is 20.7 Å². The van der Waals surface area contributed by atoms with Gasteiger partial charge in [0, 0.05) is 37.1 Å². The Morgan fingerprint density at radius 3 is 2.94 bits per heavy atom. The zero-order valence-corrected chi connectivity index (χ0v) is 17.7. The topological polar surface area (TPSA) is 88.6 Å². The molecule has 1 saturated heterocycles. The number of ether oxygens (including phenoxy) is 2. The van der Waals surface area contributed by atoms with E-state index in [9.17, 15) is 9.18 Å². The Balaban J connectivity index is 1.70. The maximum Gasteiger partial charge on any atom is 0.415 e. The van der Waals surface area contributed by atoms with Gasteiger partial charge < -0.3 is 25.0 Å². The van der Waals surface area contributed by atoms with E-state index in [1.165, 1.54) is 19.5 Å². The predicted molar refractivity (Wildman–Crippen MR) is 116 cm³/mol. The molecule has 4 rings (SSSR count). The Kier molecular flexibility index (Phi) is 6.06. The number of rotatable bonds is 4. The Labute approximate surface area is 183 Å². The van der Waals surface area contributed by atoms with Crippen LogP contribution in [-0.4, -0.2) is 53.7 Å². The van der Waals surface area contributed by atoms with E-state index < -0.39 is 11.9 Å². The third kappa shape index (κ3) is 4.33. The van der Waals surface area contributed by atoms with Gasteiger partial charge in [0.25, 0.3) is 0 Å². The molecule has 162 valence electrons. The van der Waals surface area contributed by atoms with Crippen molar-refractivity contribution in [3.8, 4) is 11.5 Å². The smallest absolute Gasteiger partial charge is 0.415 e. The quantitative estimate of drug-likeness (QED) is 0.628. The number of nitrogens with one attached hydrogen (secondary N) is 2. The van der Waals surface area contributed by atoms with Crippen LogP contribution in [-0.2, 0) is 0 Å². The van der Waals surface area contributed by atoms with Crippen molar-refractivity contribution in [2.24, 2.45) is 0 Å². The van der Waals surface area contributed by atoms with Gasteiger partial charge in [0.05, 0.1) is 23.3 Å². The van der Waals surface area contributed by atoms with Crippen LogP contribution < -0.4 is 20.1 Å². The summed E-state index contributed by atoms with van der Waals surface area (Å²) in [7, 11) is 1.48. The Hall–Kier alpha value is -3.17. The second-order valence-electron chi connectivity index (χ2n) is 7.08. The third-order valence-corrected chi connectivity index (χ3v) is 5.35. The summed E-state index contributed by atoms with van der Waals surface area (Å²) in [6.45, 7) is 3.87. The predicted octanol–water partition coefficient (Wildman–Crippen LogP) is 3.97. The maximum atomic E-state index is 14.4. The number of piperazine rings is 1. The average Bonchev–Trinajstić information content (AvgIpc) is 2.77. The monoisotopic (exact) mass is 445 g/mol. The van der Waals surface area contributed by atoms with Gasteiger partial charge in [-0.25, -0.2) is 19.2 Å². The molecule has 10 heteroatoms. The minimum atomic E-state index is -0.594. The van der Waals surface area contributed by atoms with Crippen LogP contribution in [0.3, 0.4) is 0 Å². The lowest BCUT2D eigenvalue weighted by Crippen LogP contribution is -2.53. The normalized spacial score (nSPS) is 16.3. The Morgan fingerprint density at radius 1 is 1.32 bits per heavy atom. The standard InChI is InChI=1S/C21H21ClFN5O3/c1-12-10-24-6-7-28(12)21(29)31-18-8-13-16(9-17(18)30-2)25-11-26-20(13)27-15-5-3-4-14(22)19(15)23/h3-5,8-9,11-12,24H,6-7,10H2,1-2H3,(H,25,26,27)/t12-/m1/s1. The molecule has 2 N–H and O–H groups in total. The van der Waals surface area contributed by atoms with Crippen molar-refractivity contribution < 1.29 is 18.7 Å². The van der Waals surface area contributed by atoms with Crippen molar-refractivity contribution in [3.63, 3.8) is 0 Å². The molecule has 0 aliphatic carbocycles. The lowest BCUT2D eigenvalue weighted by Gasteiger charge is -2.33. The van der Waals surface area contributed by atoms with Gasteiger partial charge in [-0.3, -0.25) is 0 Å². The maximum absolute atomic E-state index is 14.4. The number of halogens is 2. The van der Waals surface area contributed by atoms with Crippen molar-refractivity contribution in [1.29, 1.82) is 0 Å². The fraction of sp³-hybridized carbons (Fsp3) is 0.286. The van der Waals surface area contributed by atoms with Gasteiger partial charge in [-0.15, -0.1) is 0 Å². The van der Waals surface area contributed by atoms with Crippen molar-refractivity contribution in [2.45, 2.75) is 13.0 Å². The second-order valence-corrected chi connectivity index (χ2v) is 7.49. The van der Waals surface area contributed by atoms with Gasteiger partial charge in [-0.05, 0) is 25.1 Å². The summed E-state index contributed by atoms with van der Waals surface area (Å²) in [4.78, 5) is 22.9. The summed E-state index contributed by atoms with van der Waals surface area (Å²) in [5.74, 6) is 0.308. The zero-order chi connectivity index (χ0) is 22.0. The van der Waals surface area contributed by atoms with E-state index in [1.54, 1.807) is 29.2 Å². The molecule has 0 saturated carbocycles. The number of benzene rings is 2. The lowest BCUT2D eigenvalue weighted by atomic mass is 10.2. The molecule has 8 nitrogen and oxygen atoms in total. The number of anilines is 2. The Morgan fingerprint density at radius 2 is 2.16 bits per heavy atom. The summed E-state index contributed by atoms with van der Waals surface area (Å²) in [6, 6.07) is 7.87. The first-order valence-electron chi connectivity index (χ1n) is 9.71. The van der Waals surface area contributed by atoms with E-state index in [1.807, 2.05) is 6.92 Å². The van der Waals surface area contributed by atoms with E-state index in [0.717, 1.165) is 0 Å². The van der Waals surface area contributed by atoms with Crippen LogP contribution >= 0.6 is 11.6 Å². The molecule has 2 heterocycles. The average molecular weight is 446 g/mol. The second kappa shape index (κ2) is 8.91. The number of fused-ring (bicyclic) bond motifs is 1. The molecule has 1 fully saturated rings. The number of carbonyl (C=O) groups is 1. The molecule has 1 aliphatic heterocycles. The highest BCUT2D eigenvalue weighted by molar-refractivity contribution is 6.31. The molecular weight excluding hydrogens is 425 g/mol. The molecule has 2 aromatic carbocycles. The summed E-state index contributed by atoms with van der Waals surface area (Å²) in [6.07, 6.45) is 0.875. The minimum Gasteiger partial charge on any atom is -0.493 e. The highest BCUT2D eigenvalue weighted by atomic mass is 35.5. The number of methoxy groups -OCH3 is 1. The molecular formula is C21H21ClFN5O3. The van der Waals surface area contributed by atoms with Crippen LogP contribution in [0, 0.1) is 5.82 Å². The highest BCUT2D eigenvalue weighted by Crippen LogP contribution is 2.36. The first-order chi connectivity index (χ1) is 15.0. The summed E-state index contributed by atoms with van der Waals surface area (Å²) in [5, 5.41) is 6.68. The molecule has 31 heavy (non-hydrogen) atoms. The SMILES string of the molecule is COc1cc2ncnc(Nc3cccc(Cl)c3F)c2cc1OC(=O)N1CCNC[C@H]1C. The van der Waals surface area contributed by atoms with Gasteiger partial charge >= 0.3 is 6.09 Å². The number of aromatic nitrogens is 2. The highest BCUT2D eigenvalue weighted by Gasteiger charge is 2.26. The number of amides is 1. The molecule has 1 atom stereocenters. The molecule has 0 unspecified atom stereocenters. The first kappa shape index (κ1) is 21.1. The van der Waals surface area contributed by atoms with Crippen molar-refractivity contribution in [1.82, 2.24) is 20.2 Å². The van der Waals surface area contributed by atoms with Gasteiger partial charge in [-0.1, -0.05) is 17.7 Å². The van der Waals surface area contributed by atoms with E-state index in [0.29, 0.717) is 42.1 Å². The Bertz CT molecular complexity index is 1130. The van der Waals surface area contributed by atoms with Crippen molar-refractivity contribution in [3.05, 3.63) is 47.5 Å². The molecule has 0 radical (unpaired) electrons. The molecule has 1 aliphatic rings. The number of hydrogen-bond acceptors (Lipinski definition) is 7. The molecule has 0 spiro atoms. The summed E-state index contributed by atoms with van der Waals surface area (Å²) in [5.41, 5.74) is 0.698. The summed E-state index contributed by atoms with van der Waals surface area (Å²) < 4.78 is 25.4. The van der Waals surface area contributed by atoms with Crippen molar-refractivity contribution >= 4 is 40.1 Å². The lowest BCUT2D eigenvalue weighted by molar-refractivity contribution is 0.123. The molecule has 0 bridgehead atoms. The van der Waals surface area contributed by atoms with Gasteiger partial charge in [0.1, 0.15) is 12.1 Å². The summed E-state index contributed by atoms with van der Waals surface area (Å²) >= 11 is 5.88. The van der Waals surface area contributed by atoms with E-state index in [4.69, 9.17) is 21.1 Å². The number of nitrogens with zero attached hydrogens (tertiary/aromatic N) is 3. The molecule has 1 aromatic heterocycles. The van der Waals surface area contributed by atoms with E-state index in [-0.39, 0.29) is 22.5 Å². The minimum absolute atomic E-state index is 0.000864.